The van der Waals surface area contributed by atoms with E-state index in [1.807, 2.05) is 18.5 Å². The van der Waals surface area contributed by atoms with Crippen LogP contribution < -0.4 is 4.90 Å². The van der Waals surface area contributed by atoms with Crippen molar-refractivity contribution in [1.82, 2.24) is 9.55 Å². The summed E-state index contributed by atoms with van der Waals surface area (Å²) in [7, 11) is 0. The lowest BCUT2D eigenvalue weighted by Gasteiger charge is -2.29. The van der Waals surface area contributed by atoms with Crippen molar-refractivity contribution in [2.24, 2.45) is 0 Å². The molecule has 11 aromatic rings. The summed E-state index contributed by atoms with van der Waals surface area (Å²) in [5.41, 5.74) is 24.5. The van der Waals surface area contributed by atoms with E-state index in [0.717, 1.165) is 28.2 Å². The molecule has 2 aliphatic carbocycles. The fourth-order valence-corrected chi connectivity index (χ4v) is 11.6. The molecule has 0 radical (unpaired) electrons. The van der Waals surface area contributed by atoms with E-state index in [2.05, 4.69) is 248 Å². The van der Waals surface area contributed by atoms with Crippen molar-refractivity contribution in [1.29, 1.82) is 0 Å². The third-order valence-corrected chi connectivity index (χ3v) is 15.1. The van der Waals surface area contributed by atoms with Gasteiger partial charge in [0, 0.05) is 56.6 Å². The lowest BCUT2D eigenvalue weighted by atomic mass is 9.82. The van der Waals surface area contributed by atoms with E-state index in [1.165, 1.54) is 94.3 Å². The van der Waals surface area contributed by atoms with Gasteiger partial charge in [-0.15, -0.1) is 0 Å². The van der Waals surface area contributed by atoms with Crippen molar-refractivity contribution in [2.45, 2.75) is 38.5 Å². The standard InChI is InChI=1S/C65H49N3/c1-64(2)57-20-11-9-18-52(57)63-58(64)21-12-22-61(63)67(49-32-27-45(28-33-49)47-16-13-37-66-41-47)48-30-25-44(26-31-48)46-29-36-60-54(38-46)55-39-53-51-17-8-10-19-56(51)65(3,4)59(53)40-62(55)68(60)50-34-23-43(24-35-50)42-14-6-5-7-15-42/h5-41H,1-4H3. The second kappa shape index (κ2) is 15.1. The summed E-state index contributed by atoms with van der Waals surface area (Å²) in [6, 6.07) is 78.6. The Bertz CT molecular complexity index is 3750. The van der Waals surface area contributed by atoms with Gasteiger partial charge >= 0.3 is 0 Å². The van der Waals surface area contributed by atoms with Crippen LogP contribution in [0.2, 0.25) is 0 Å². The zero-order chi connectivity index (χ0) is 45.7. The number of benzene rings is 9. The van der Waals surface area contributed by atoms with Gasteiger partial charge in [0.2, 0.25) is 0 Å². The maximum atomic E-state index is 4.40. The quantitative estimate of drug-likeness (QED) is 0.159. The first-order valence-electron chi connectivity index (χ1n) is 23.8. The smallest absolute Gasteiger partial charge is 0.0544 e. The Morgan fingerprint density at radius 2 is 0.926 bits per heavy atom. The van der Waals surface area contributed by atoms with Gasteiger partial charge in [-0.1, -0.05) is 167 Å². The Hall–Kier alpha value is -8.27. The minimum absolute atomic E-state index is 0.111. The van der Waals surface area contributed by atoms with Crippen LogP contribution in [-0.2, 0) is 10.8 Å². The molecule has 0 fully saturated rings. The van der Waals surface area contributed by atoms with Crippen LogP contribution in [0.15, 0.2) is 225 Å². The second-order valence-electron chi connectivity index (χ2n) is 19.6. The molecule has 0 N–H and O–H groups in total. The molecule has 2 aliphatic rings. The molecule has 324 valence electrons. The summed E-state index contributed by atoms with van der Waals surface area (Å²) >= 11 is 0. The molecule has 0 aliphatic heterocycles. The van der Waals surface area contributed by atoms with Gasteiger partial charge in [-0.3, -0.25) is 4.98 Å². The molecule has 0 saturated carbocycles. The van der Waals surface area contributed by atoms with E-state index in [0.29, 0.717) is 0 Å². The first-order valence-corrected chi connectivity index (χ1v) is 23.8. The van der Waals surface area contributed by atoms with Crippen LogP contribution in [0.5, 0.6) is 0 Å². The fourth-order valence-electron chi connectivity index (χ4n) is 11.6. The van der Waals surface area contributed by atoms with E-state index in [1.54, 1.807) is 0 Å². The average Bonchev–Trinajstić information content (AvgIpc) is 3.93. The molecule has 2 heterocycles. The van der Waals surface area contributed by atoms with Crippen LogP contribution in [0, 0.1) is 0 Å². The summed E-state index contributed by atoms with van der Waals surface area (Å²) in [4.78, 5) is 6.83. The van der Waals surface area contributed by atoms with Crippen LogP contribution in [-0.4, -0.2) is 9.55 Å². The topological polar surface area (TPSA) is 21.1 Å². The zero-order valence-electron chi connectivity index (χ0n) is 38.7. The maximum Gasteiger partial charge on any atom is 0.0544 e. The van der Waals surface area contributed by atoms with Crippen molar-refractivity contribution in [2.75, 3.05) is 4.90 Å². The van der Waals surface area contributed by atoms with Crippen LogP contribution >= 0.6 is 0 Å². The van der Waals surface area contributed by atoms with E-state index in [4.69, 9.17) is 0 Å². The van der Waals surface area contributed by atoms with Crippen molar-refractivity contribution in [3.8, 4) is 61.3 Å². The Kier molecular flexibility index (Phi) is 8.91. The summed E-state index contributed by atoms with van der Waals surface area (Å²) in [6.07, 6.45) is 3.76. The monoisotopic (exact) mass is 871 g/mol. The highest BCUT2D eigenvalue weighted by atomic mass is 15.1. The van der Waals surface area contributed by atoms with E-state index in [-0.39, 0.29) is 10.8 Å². The molecule has 0 unspecified atom stereocenters. The van der Waals surface area contributed by atoms with Crippen molar-refractivity contribution in [3.63, 3.8) is 0 Å². The van der Waals surface area contributed by atoms with Crippen LogP contribution in [0.1, 0.15) is 49.9 Å². The zero-order valence-corrected chi connectivity index (χ0v) is 38.7. The third kappa shape index (κ3) is 6.09. The Morgan fingerprint density at radius 3 is 1.63 bits per heavy atom. The number of fused-ring (bicyclic) bond motifs is 9. The molecular weight excluding hydrogens is 823 g/mol. The largest absolute Gasteiger partial charge is 0.310 e. The Labute approximate surface area is 398 Å². The van der Waals surface area contributed by atoms with Gasteiger partial charge in [-0.25, -0.2) is 0 Å². The fraction of sp³-hybridized carbons (Fsp3) is 0.0923. The predicted octanol–water partition coefficient (Wildman–Crippen LogP) is 17.3. The van der Waals surface area contributed by atoms with Crippen molar-refractivity contribution < 1.29 is 0 Å². The van der Waals surface area contributed by atoms with Gasteiger partial charge in [0.15, 0.2) is 0 Å². The minimum atomic E-state index is -0.116. The van der Waals surface area contributed by atoms with Crippen LogP contribution in [0.4, 0.5) is 17.1 Å². The normalized spacial score (nSPS) is 13.8. The predicted molar refractivity (Wildman–Crippen MR) is 285 cm³/mol. The summed E-state index contributed by atoms with van der Waals surface area (Å²) in [5.74, 6) is 0. The maximum absolute atomic E-state index is 4.40. The molecule has 0 saturated heterocycles. The number of pyridine rings is 1. The molecule has 13 rings (SSSR count). The lowest BCUT2D eigenvalue weighted by molar-refractivity contribution is 0.660. The first-order chi connectivity index (χ1) is 33.2. The summed E-state index contributed by atoms with van der Waals surface area (Å²) in [5, 5.41) is 2.51. The molecular formula is C65H49N3. The van der Waals surface area contributed by atoms with E-state index >= 15 is 0 Å². The molecule has 0 bridgehead atoms. The van der Waals surface area contributed by atoms with Gasteiger partial charge in [0.25, 0.3) is 0 Å². The van der Waals surface area contributed by atoms with Gasteiger partial charge in [0.05, 0.1) is 16.7 Å². The molecule has 0 spiro atoms. The average molecular weight is 872 g/mol. The number of anilines is 3. The van der Waals surface area contributed by atoms with Crippen LogP contribution in [0.3, 0.4) is 0 Å². The minimum Gasteiger partial charge on any atom is -0.310 e. The Morgan fingerprint density at radius 1 is 0.382 bits per heavy atom. The first kappa shape index (κ1) is 40.0. The molecule has 3 heteroatoms. The highest BCUT2D eigenvalue weighted by Gasteiger charge is 2.38. The number of aromatic nitrogens is 2. The molecule has 2 aromatic heterocycles. The Balaban J connectivity index is 0.952. The summed E-state index contributed by atoms with van der Waals surface area (Å²) < 4.78 is 2.47. The van der Waals surface area contributed by atoms with E-state index in [9.17, 15) is 0 Å². The number of hydrogen-bond donors (Lipinski definition) is 0. The highest BCUT2D eigenvalue weighted by Crippen LogP contribution is 2.55. The highest BCUT2D eigenvalue weighted by molar-refractivity contribution is 6.13. The number of nitrogens with zero attached hydrogens (tertiary/aromatic N) is 3. The summed E-state index contributed by atoms with van der Waals surface area (Å²) in [6.45, 7) is 9.45. The molecule has 9 aromatic carbocycles. The second-order valence-corrected chi connectivity index (χ2v) is 19.6. The van der Waals surface area contributed by atoms with E-state index < -0.39 is 0 Å². The lowest BCUT2D eigenvalue weighted by Crippen LogP contribution is -2.16. The third-order valence-electron chi connectivity index (χ3n) is 15.1. The van der Waals surface area contributed by atoms with Crippen LogP contribution in [0.25, 0.3) is 83.1 Å². The molecule has 68 heavy (non-hydrogen) atoms. The molecule has 3 nitrogen and oxygen atoms in total. The molecule has 0 amide bonds. The number of rotatable bonds is 7. The number of hydrogen-bond acceptors (Lipinski definition) is 2. The van der Waals surface area contributed by atoms with Gasteiger partial charge in [-0.2, -0.15) is 0 Å². The van der Waals surface area contributed by atoms with Gasteiger partial charge in [-0.05, 0) is 145 Å². The van der Waals surface area contributed by atoms with Crippen molar-refractivity contribution >= 4 is 38.9 Å². The SMILES string of the molecule is CC1(C)c2ccccc2-c2cc3c4cc(-c5ccc(N(c6ccc(-c7cccnc7)cc6)c6cccc7c6-c6ccccc6C7(C)C)cc5)ccc4n(-c4ccc(-c5ccccc5)cc4)c3cc21. The van der Waals surface area contributed by atoms with Crippen molar-refractivity contribution in [3.05, 3.63) is 247 Å². The van der Waals surface area contributed by atoms with Gasteiger partial charge < -0.3 is 9.47 Å². The van der Waals surface area contributed by atoms with Gasteiger partial charge in [0.1, 0.15) is 0 Å². The molecule has 0 atom stereocenters.